The highest BCUT2D eigenvalue weighted by atomic mass is 32.2. The third kappa shape index (κ3) is 3.16. The molecule has 0 N–H and O–H groups in total. The second-order valence-electron chi connectivity index (χ2n) is 5.35. The molecule has 1 aromatic rings. The van der Waals surface area contributed by atoms with Crippen LogP contribution in [0, 0.1) is 0 Å². The standard InChI is InChI=1S/C15H20N2O2S/c1-17(2)15-16-13-8-12(10-19-14(13)20-15)18-9-11-6-4-3-5-7-11/h3-7,12-14H,8-10H2,1-2H3. The number of rotatable bonds is 3. The topological polar surface area (TPSA) is 34.1 Å². The summed E-state index contributed by atoms with van der Waals surface area (Å²) in [5, 5.41) is 1.06. The Kier molecular flexibility index (Phi) is 4.29. The molecule has 5 heteroatoms. The highest BCUT2D eigenvalue weighted by molar-refractivity contribution is 8.14. The van der Waals surface area contributed by atoms with E-state index in [2.05, 4.69) is 12.1 Å². The van der Waals surface area contributed by atoms with Gasteiger partial charge in [0, 0.05) is 20.5 Å². The van der Waals surface area contributed by atoms with Crippen molar-refractivity contribution in [3.8, 4) is 0 Å². The maximum atomic E-state index is 5.96. The first-order valence-electron chi connectivity index (χ1n) is 6.91. The molecule has 0 amide bonds. The molecule has 2 aliphatic rings. The molecule has 3 rings (SSSR count). The lowest BCUT2D eigenvalue weighted by Crippen LogP contribution is -2.37. The number of hydrogen-bond donors (Lipinski definition) is 0. The molecule has 0 aliphatic carbocycles. The number of benzene rings is 1. The van der Waals surface area contributed by atoms with E-state index in [1.165, 1.54) is 5.56 Å². The van der Waals surface area contributed by atoms with Gasteiger partial charge >= 0.3 is 0 Å². The van der Waals surface area contributed by atoms with E-state index in [4.69, 9.17) is 14.5 Å². The Balaban J connectivity index is 1.53. The van der Waals surface area contributed by atoms with Gasteiger partial charge in [-0.1, -0.05) is 42.1 Å². The molecule has 0 spiro atoms. The van der Waals surface area contributed by atoms with Crippen LogP contribution in [0.5, 0.6) is 0 Å². The van der Waals surface area contributed by atoms with Gasteiger partial charge in [-0.15, -0.1) is 0 Å². The Morgan fingerprint density at radius 3 is 2.90 bits per heavy atom. The molecule has 4 nitrogen and oxygen atoms in total. The van der Waals surface area contributed by atoms with Crippen LogP contribution >= 0.6 is 11.8 Å². The first-order valence-corrected chi connectivity index (χ1v) is 7.79. The summed E-state index contributed by atoms with van der Waals surface area (Å²) in [5.74, 6) is 0. The molecule has 0 radical (unpaired) electrons. The van der Waals surface area contributed by atoms with E-state index >= 15 is 0 Å². The maximum absolute atomic E-state index is 5.96. The van der Waals surface area contributed by atoms with E-state index in [0.717, 1.165) is 11.6 Å². The van der Waals surface area contributed by atoms with E-state index in [-0.39, 0.29) is 17.6 Å². The Morgan fingerprint density at radius 2 is 2.15 bits per heavy atom. The van der Waals surface area contributed by atoms with Crippen LogP contribution in [-0.2, 0) is 16.1 Å². The summed E-state index contributed by atoms with van der Waals surface area (Å²) in [6.07, 6.45) is 1.09. The van der Waals surface area contributed by atoms with E-state index in [1.54, 1.807) is 11.8 Å². The average molecular weight is 292 g/mol. The molecular formula is C15H20N2O2S. The fraction of sp³-hybridized carbons (Fsp3) is 0.533. The molecule has 2 heterocycles. The van der Waals surface area contributed by atoms with Crippen molar-refractivity contribution in [2.24, 2.45) is 4.99 Å². The van der Waals surface area contributed by atoms with E-state index in [0.29, 0.717) is 13.2 Å². The Labute approximate surface area is 124 Å². The Hall–Kier alpha value is -1.04. The van der Waals surface area contributed by atoms with Crippen molar-refractivity contribution >= 4 is 16.9 Å². The third-order valence-corrected chi connectivity index (χ3v) is 4.84. The minimum atomic E-state index is 0.141. The average Bonchev–Trinajstić information content (AvgIpc) is 2.89. The van der Waals surface area contributed by atoms with Gasteiger partial charge in [-0.05, 0) is 5.56 Å². The predicted octanol–water partition coefficient (Wildman–Crippen LogP) is 2.35. The number of ether oxygens (including phenoxy) is 2. The van der Waals surface area contributed by atoms with Crippen molar-refractivity contribution in [3.63, 3.8) is 0 Å². The minimum Gasteiger partial charge on any atom is -0.371 e. The highest BCUT2D eigenvalue weighted by Gasteiger charge is 2.38. The van der Waals surface area contributed by atoms with Crippen LogP contribution in [-0.4, -0.2) is 48.4 Å². The molecule has 3 unspecified atom stereocenters. The van der Waals surface area contributed by atoms with E-state index in [1.807, 2.05) is 37.2 Å². The summed E-state index contributed by atoms with van der Waals surface area (Å²) in [4.78, 5) is 6.76. The van der Waals surface area contributed by atoms with Crippen molar-refractivity contribution in [2.75, 3.05) is 20.7 Å². The van der Waals surface area contributed by atoms with Crippen molar-refractivity contribution in [2.45, 2.75) is 30.6 Å². The van der Waals surface area contributed by atoms with Gasteiger partial charge < -0.3 is 14.4 Å². The SMILES string of the molecule is CN(C)C1=NC2CC(OCc3ccccc3)COC2S1. The number of thioether (sulfide) groups is 1. The van der Waals surface area contributed by atoms with E-state index in [9.17, 15) is 0 Å². The van der Waals surface area contributed by atoms with Gasteiger partial charge in [0.1, 0.15) is 5.44 Å². The zero-order valence-electron chi connectivity index (χ0n) is 11.9. The highest BCUT2D eigenvalue weighted by Crippen LogP contribution is 2.35. The largest absolute Gasteiger partial charge is 0.371 e. The summed E-state index contributed by atoms with van der Waals surface area (Å²) in [6, 6.07) is 10.5. The maximum Gasteiger partial charge on any atom is 0.161 e. The fourth-order valence-corrected chi connectivity index (χ4v) is 3.48. The van der Waals surface area contributed by atoms with Crippen molar-refractivity contribution in [1.29, 1.82) is 0 Å². The first kappa shape index (κ1) is 13.9. The monoisotopic (exact) mass is 292 g/mol. The zero-order chi connectivity index (χ0) is 13.9. The van der Waals surface area contributed by atoms with Gasteiger partial charge in [-0.3, -0.25) is 4.99 Å². The summed E-state index contributed by atoms with van der Waals surface area (Å²) in [7, 11) is 4.04. The van der Waals surface area contributed by atoms with Gasteiger partial charge in [0.2, 0.25) is 0 Å². The molecule has 0 aromatic heterocycles. The lowest BCUT2D eigenvalue weighted by molar-refractivity contribution is -0.0723. The number of hydrogen-bond acceptors (Lipinski definition) is 5. The van der Waals surface area contributed by atoms with Crippen LogP contribution in [0.3, 0.4) is 0 Å². The number of fused-ring (bicyclic) bond motifs is 1. The lowest BCUT2D eigenvalue weighted by atomic mass is 10.1. The molecule has 0 saturated carbocycles. The van der Waals surface area contributed by atoms with Crippen molar-refractivity contribution < 1.29 is 9.47 Å². The van der Waals surface area contributed by atoms with Gasteiger partial charge in [0.25, 0.3) is 0 Å². The van der Waals surface area contributed by atoms with E-state index < -0.39 is 0 Å². The van der Waals surface area contributed by atoms with Crippen LogP contribution in [0.25, 0.3) is 0 Å². The summed E-state index contributed by atoms with van der Waals surface area (Å²) >= 11 is 1.72. The summed E-state index contributed by atoms with van der Waals surface area (Å²) in [6.45, 7) is 1.31. The molecule has 1 saturated heterocycles. The lowest BCUT2D eigenvalue weighted by Gasteiger charge is -2.29. The fourth-order valence-electron chi connectivity index (χ4n) is 2.39. The zero-order valence-corrected chi connectivity index (χ0v) is 12.7. The minimum absolute atomic E-state index is 0.141. The molecule has 2 aliphatic heterocycles. The molecule has 1 aromatic carbocycles. The normalized spacial score (nSPS) is 28.9. The summed E-state index contributed by atoms with van der Waals surface area (Å²) in [5.41, 5.74) is 1.37. The Bertz CT molecular complexity index is 478. The van der Waals surface area contributed by atoms with Crippen LogP contribution in [0.1, 0.15) is 12.0 Å². The van der Waals surface area contributed by atoms with Gasteiger partial charge in [0.15, 0.2) is 5.17 Å². The van der Waals surface area contributed by atoms with Crippen LogP contribution in [0.15, 0.2) is 35.3 Å². The summed E-state index contributed by atoms with van der Waals surface area (Å²) < 4.78 is 11.8. The number of aliphatic imine (C=N–C) groups is 1. The van der Waals surface area contributed by atoms with Crippen molar-refractivity contribution in [3.05, 3.63) is 35.9 Å². The molecule has 1 fully saturated rings. The molecule has 0 bridgehead atoms. The van der Waals surface area contributed by atoms with Gasteiger partial charge in [-0.2, -0.15) is 0 Å². The third-order valence-electron chi connectivity index (χ3n) is 3.47. The number of amidine groups is 1. The van der Waals surface area contributed by atoms with Gasteiger partial charge in [0.05, 0.1) is 25.4 Å². The molecule has 3 atom stereocenters. The van der Waals surface area contributed by atoms with Gasteiger partial charge in [-0.25, -0.2) is 0 Å². The first-order chi connectivity index (χ1) is 9.72. The van der Waals surface area contributed by atoms with Crippen molar-refractivity contribution in [1.82, 2.24) is 4.90 Å². The van der Waals surface area contributed by atoms with Crippen LogP contribution in [0.4, 0.5) is 0 Å². The predicted molar refractivity (Wildman–Crippen MR) is 81.9 cm³/mol. The quantitative estimate of drug-likeness (QED) is 0.856. The second kappa shape index (κ2) is 6.16. The second-order valence-corrected chi connectivity index (χ2v) is 6.41. The molecule has 108 valence electrons. The van der Waals surface area contributed by atoms with Crippen LogP contribution < -0.4 is 0 Å². The molecule has 20 heavy (non-hydrogen) atoms. The Morgan fingerprint density at radius 1 is 1.35 bits per heavy atom. The van der Waals surface area contributed by atoms with Crippen LogP contribution in [0.2, 0.25) is 0 Å². The number of nitrogens with zero attached hydrogens (tertiary/aromatic N) is 2. The molecular weight excluding hydrogens is 272 g/mol. The smallest absolute Gasteiger partial charge is 0.161 e.